The highest BCUT2D eigenvalue weighted by Gasteiger charge is 2.36. The van der Waals surface area contributed by atoms with E-state index in [1.165, 1.54) is 30.3 Å². The second-order valence-corrected chi connectivity index (χ2v) is 10.5. The lowest BCUT2D eigenvalue weighted by Gasteiger charge is -2.33. The van der Waals surface area contributed by atoms with Crippen molar-refractivity contribution in [3.8, 4) is 17.6 Å². The zero-order valence-corrected chi connectivity index (χ0v) is 24.5. The van der Waals surface area contributed by atoms with Crippen LogP contribution in [0.3, 0.4) is 0 Å². The van der Waals surface area contributed by atoms with Crippen LogP contribution in [-0.2, 0) is 30.3 Å². The monoisotopic (exact) mass is 582 g/mol. The third-order valence-electron chi connectivity index (χ3n) is 5.92. The number of alkyl carbamates (subject to hydrolysis) is 1. The lowest BCUT2D eigenvalue weighted by Crippen LogP contribution is -2.54. The van der Waals surface area contributed by atoms with Gasteiger partial charge in [0.2, 0.25) is 11.8 Å². The average molecular weight is 583 g/mol. The highest BCUT2D eigenvalue weighted by atomic mass is 16.6. The van der Waals surface area contributed by atoms with Gasteiger partial charge in [-0.1, -0.05) is 18.2 Å². The van der Waals surface area contributed by atoms with Gasteiger partial charge in [-0.05, 0) is 75.6 Å². The summed E-state index contributed by atoms with van der Waals surface area (Å²) in [7, 11) is 0. The van der Waals surface area contributed by atoms with Crippen LogP contribution >= 0.6 is 0 Å². The maximum absolute atomic E-state index is 14.1. The Kier molecular flexibility index (Phi) is 12.2. The number of nitrogens with zero attached hydrogens (tertiary/aromatic N) is 2. The number of aromatic hydroxyl groups is 2. The van der Waals surface area contributed by atoms with Gasteiger partial charge in [-0.15, -0.1) is 0 Å². The van der Waals surface area contributed by atoms with E-state index >= 15 is 0 Å². The zero-order chi connectivity index (χ0) is 31.4. The topological polar surface area (TPSA) is 178 Å². The van der Waals surface area contributed by atoms with Crippen molar-refractivity contribution in [1.82, 2.24) is 15.5 Å². The Morgan fingerprint density at radius 1 is 1.07 bits per heavy atom. The number of rotatable bonds is 12. The van der Waals surface area contributed by atoms with E-state index in [0.717, 1.165) is 4.90 Å². The van der Waals surface area contributed by atoms with Crippen LogP contribution in [0.5, 0.6) is 11.5 Å². The second kappa shape index (κ2) is 15.3. The first-order valence-electron chi connectivity index (χ1n) is 13.4. The van der Waals surface area contributed by atoms with E-state index in [1.54, 1.807) is 46.8 Å². The minimum atomic E-state index is -1.36. The molecule has 2 unspecified atom stereocenters. The molecule has 2 atom stereocenters. The third-order valence-corrected chi connectivity index (χ3v) is 5.92. The Morgan fingerprint density at radius 2 is 1.74 bits per heavy atom. The van der Waals surface area contributed by atoms with E-state index < -0.39 is 48.1 Å². The van der Waals surface area contributed by atoms with E-state index in [9.17, 15) is 34.7 Å². The molecule has 0 fully saturated rings. The minimum Gasteiger partial charge on any atom is -0.508 e. The van der Waals surface area contributed by atoms with Crippen molar-refractivity contribution in [2.75, 3.05) is 19.7 Å². The molecule has 0 aliphatic heterocycles. The molecule has 12 nitrogen and oxygen atoms in total. The van der Waals surface area contributed by atoms with Crippen LogP contribution in [-0.4, -0.2) is 70.3 Å². The lowest BCUT2D eigenvalue weighted by molar-refractivity contribution is -0.144. The van der Waals surface area contributed by atoms with Crippen LogP contribution in [0.1, 0.15) is 56.8 Å². The first kappa shape index (κ1) is 33.4. The summed E-state index contributed by atoms with van der Waals surface area (Å²) in [4.78, 5) is 53.2. The molecule has 0 aliphatic rings. The summed E-state index contributed by atoms with van der Waals surface area (Å²) in [5.41, 5.74) is 0.430. The quantitative estimate of drug-likeness (QED) is 0.216. The van der Waals surface area contributed by atoms with Crippen molar-refractivity contribution in [3.05, 3.63) is 59.2 Å². The summed E-state index contributed by atoms with van der Waals surface area (Å²) in [5, 5.41) is 34.6. The Hall–Kier alpha value is -4.79. The van der Waals surface area contributed by atoms with E-state index in [0.29, 0.717) is 16.7 Å². The molecule has 3 amide bonds. The van der Waals surface area contributed by atoms with Crippen LogP contribution in [0.25, 0.3) is 0 Å². The van der Waals surface area contributed by atoms with Gasteiger partial charge in [-0.25, -0.2) is 4.79 Å². The fraction of sp³-hybridized carbons (Fsp3) is 0.433. The molecule has 0 saturated carbocycles. The van der Waals surface area contributed by atoms with Gasteiger partial charge < -0.3 is 35.2 Å². The van der Waals surface area contributed by atoms with Crippen molar-refractivity contribution in [2.24, 2.45) is 0 Å². The molecule has 0 heterocycles. The number of ether oxygens (including phenoxy) is 2. The maximum atomic E-state index is 14.1. The van der Waals surface area contributed by atoms with Crippen LogP contribution in [0.4, 0.5) is 4.79 Å². The van der Waals surface area contributed by atoms with Crippen molar-refractivity contribution < 1.29 is 38.9 Å². The molecule has 0 bridgehead atoms. The molecule has 0 saturated heterocycles. The van der Waals surface area contributed by atoms with E-state index in [2.05, 4.69) is 10.6 Å². The summed E-state index contributed by atoms with van der Waals surface area (Å²) in [6, 6.07) is 9.61. The third kappa shape index (κ3) is 10.3. The molecule has 0 aromatic heterocycles. The van der Waals surface area contributed by atoms with Gasteiger partial charge in [-0.2, -0.15) is 5.26 Å². The van der Waals surface area contributed by atoms with Gasteiger partial charge >= 0.3 is 12.1 Å². The van der Waals surface area contributed by atoms with Gasteiger partial charge in [0.25, 0.3) is 0 Å². The first-order chi connectivity index (χ1) is 19.7. The Labute approximate surface area is 245 Å². The molecule has 226 valence electrons. The first-order valence-corrected chi connectivity index (χ1v) is 13.4. The predicted molar refractivity (Wildman–Crippen MR) is 152 cm³/mol. The van der Waals surface area contributed by atoms with Crippen molar-refractivity contribution in [3.63, 3.8) is 0 Å². The second-order valence-electron chi connectivity index (χ2n) is 10.5. The van der Waals surface area contributed by atoms with Crippen LogP contribution in [0.2, 0.25) is 0 Å². The molecule has 0 radical (unpaired) electrons. The van der Waals surface area contributed by atoms with Crippen LogP contribution < -0.4 is 10.6 Å². The van der Waals surface area contributed by atoms with Gasteiger partial charge in [0.05, 0.1) is 19.1 Å². The molecule has 2 aromatic carbocycles. The fourth-order valence-electron chi connectivity index (χ4n) is 4.03. The maximum Gasteiger partial charge on any atom is 0.408 e. The Morgan fingerprint density at radius 3 is 2.31 bits per heavy atom. The number of phenolic OH excluding ortho intramolecular Hbond substituents is 2. The molecule has 0 aliphatic carbocycles. The molecular formula is C30H38N4O8. The van der Waals surface area contributed by atoms with Gasteiger partial charge in [0.15, 0.2) is 0 Å². The normalized spacial score (nSPS) is 12.3. The zero-order valence-electron chi connectivity index (χ0n) is 24.5. The predicted octanol–water partition coefficient (Wildman–Crippen LogP) is 3.00. The summed E-state index contributed by atoms with van der Waals surface area (Å²) in [6.07, 6.45) is -1.05. The van der Waals surface area contributed by atoms with E-state index in [4.69, 9.17) is 9.47 Å². The highest BCUT2D eigenvalue weighted by molar-refractivity contribution is 5.92. The van der Waals surface area contributed by atoms with Gasteiger partial charge in [-0.3, -0.25) is 14.4 Å². The molecule has 42 heavy (non-hydrogen) atoms. The van der Waals surface area contributed by atoms with Crippen molar-refractivity contribution in [1.29, 1.82) is 5.26 Å². The van der Waals surface area contributed by atoms with E-state index in [-0.39, 0.29) is 37.5 Å². The van der Waals surface area contributed by atoms with Gasteiger partial charge in [0.1, 0.15) is 35.7 Å². The minimum absolute atomic E-state index is 0.00934. The number of benzene rings is 2. The summed E-state index contributed by atoms with van der Waals surface area (Å²) in [5.74, 6) is -1.99. The number of carbonyl (C=O) groups is 4. The highest BCUT2D eigenvalue weighted by Crippen LogP contribution is 2.27. The number of phenols is 2. The molecule has 0 spiro atoms. The largest absolute Gasteiger partial charge is 0.508 e. The number of esters is 1. The summed E-state index contributed by atoms with van der Waals surface area (Å²) < 4.78 is 10.3. The van der Waals surface area contributed by atoms with Crippen LogP contribution in [0.15, 0.2) is 42.5 Å². The average Bonchev–Trinajstić information content (AvgIpc) is 2.90. The SMILES string of the molecule is CCOC(=O)CCNC(=O)C(c1ccc(O)c(C)c1)N(CC#N)C(=O)C(Cc1ccc(O)cc1)NC(=O)OC(C)(C)C. The lowest BCUT2D eigenvalue weighted by atomic mass is 9.98. The molecule has 2 rings (SSSR count). The number of nitriles is 1. The molecule has 2 aromatic rings. The molecule has 12 heteroatoms. The standard InChI is InChI=1S/C30H38N4O8/c1-6-41-25(37)13-15-32-27(38)26(21-9-12-24(36)19(2)17-21)34(16-14-31)28(39)23(33-29(40)42-30(3,4)5)18-20-7-10-22(35)11-8-20/h7-12,17,23,26,35-36H,6,13,15-16,18H2,1-5H3,(H,32,38)(H,33,40). The van der Waals surface area contributed by atoms with Crippen molar-refractivity contribution in [2.45, 2.75) is 65.1 Å². The number of hydrogen-bond donors (Lipinski definition) is 4. The number of hydrogen-bond acceptors (Lipinski definition) is 9. The fourth-order valence-corrected chi connectivity index (χ4v) is 4.03. The van der Waals surface area contributed by atoms with E-state index in [1.807, 2.05) is 6.07 Å². The Bertz CT molecular complexity index is 1300. The number of nitrogens with one attached hydrogen (secondary N) is 2. The van der Waals surface area contributed by atoms with Crippen molar-refractivity contribution >= 4 is 23.9 Å². The van der Waals surface area contributed by atoms with Crippen LogP contribution in [0, 0.1) is 18.3 Å². The Balaban J connectivity index is 2.51. The number of aryl methyl sites for hydroxylation is 1. The number of amides is 3. The number of carbonyl (C=O) groups excluding carboxylic acids is 4. The van der Waals surface area contributed by atoms with Gasteiger partial charge in [0, 0.05) is 13.0 Å². The summed E-state index contributed by atoms with van der Waals surface area (Å²) >= 11 is 0. The smallest absolute Gasteiger partial charge is 0.408 e. The summed E-state index contributed by atoms with van der Waals surface area (Å²) in [6.45, 7) is 7.82. The molecular weight excluding hydrogens is 544 g/mol. The molecule has 4 N–H and O–H groups in total.